The third kappa shape index (κ3) is 4.44. The fourth-order valence-corrected chi connectivity index (χ4v) is 4.70. The number of aryl methyl sites for hydroxylation is 3. The molecule has 2 heterocycles. The lowest BCUT2D eigenvalue weighted by Crippen LogP contribution is -2.08. The predicted octanol–water partition coefficient (Wildman–Crippen LogP) is 6.01. The molecule has 2 aromatic heterocycles. The fourth-order valence-electron chi connectivity index (χ4n) is 3.65. The van der Waals surface area contributed by atoms with Crippen LogP contribution in [0.5, 0.6) is 0 Å². The molecule has 5 nitrogen and oxygen atoms in total. The number of fused-ring (bicyclic) bond motifs is 1. The van der Waals surface area contributed by atoms with Crippen molar-refractivity contribution in [3.8, 4) is 0 Å². The van der Waals surface area contributed by atoms with E-state index in [1.165, 1.54) is 23.2 Å². The molecule has 6 heteroatoms. The van der Waals surface area contributed by atoms with E-state index in [-0.39, 0.29) is 5.97 Å². The summed E-state index contributed by atoms with van der Waals surface area (Å²) in [4.78, 5) is 23.0. The molecule has 31 heavy (non-hydrogen) atoms. The second-order valence-corrected chi connectivity index (χ2v) is 8.42. The number of nitrogens with one attached hydrogen (secondary N) is 1. The Morgan fingerprint density at radius 3 is 2.65 bits per heavy atom. The molecular weight excluding hydrogens is 406 g/mol. The number of carbonyl (C=O) groups excluding carboxylic acids is 1. The van der Waals surface area contributed by atoms with Gasteiger partial charge in [0, 0.05) is 12.1 Å². The SMILES string of the molecule is CCc1cccc(C)c1Nc1ncnc2sc(C(=O)OCCc3ccccc3)c(C)c12. The number of rotatable bonds is 7. The number of thiophene rings is 1. The highest BCUT2D eigenvalue weighted by Gasteiger charge is 2.21. The van der Waals surface area contributed by atoms with Crippen LogP contribution in [0.15, 0.2) is 54.9 Å². The standard InChI is InChI=1S/C25H25N3O2S/c1-4-19-12-8-9-16(2)21(19)28-23-20-17(3)22(31-24(20)27-15-26-23)25(29)30-14-13-18-10-6-5-7-11-18/h5-12,15H,4,13-14H2,1-3H3,(H,26,27,28). The van der Waals surface area contributed by atoms with Crippen LogP contribution in [0.2, 0.25) is 0 Å². The molecule has 0 aliphatic rings. The topological polar surface area (TPSA) is 64.1 Å². The average Bonchev–Trinajstić information content (AvgIpc) is 3.13. The first-order valence-electron chi connectivity index (χ1n) is 10.4. The van der Waals surface area contributed by atoms with Crippen molar-refractivity contribution in [1.29, 1.82) is 0 Å². The minimum Gasteiger partial charge on any atom is -0.461 e. The molecule has 0 saturated carbocycles. The molecular formula is C25H25N3O2S. The van der Waals surface area contributed by atoms with E-state index in [2.05, 4.69) is 47.3 Å². The number of benzene rings is 2. The number of ether oxygens (including phenoxy) is 1. The van der Waals surface area contributed by atoms with Gasteiger partial charge in [-0.15, -0.1) is 11.3 Å². The summed E-state index contributed by atoms with van der Waals surface area (Å²) < 4.78 is 5.56. The summed E-state index contributed by atoms with van der Waals surface area (Å²) in [5.74, 6) is 0.401. The first-order chi connectivity index (χ1) is 15.1. The van der Waals surface area contributed by atoms with Gasteiger partial charge in [-0.2, -0.15) is 0 Å². The van der Waals surface area contributed by atoms with Gasteiger partial charge in [-0.1, -0.05) is 55.5 Å². The van der Waals surface area contributed by atoms with Crippen molar-refractivity contribution in [1.82, 2.24) is 9.97 Å². The molecule has 1 N–H and O–H groups in total. The Kier molecular flexibility index (Phi) is 6.28. The second kappa shape index (κ2) is 9.27. The summed E-state index contributed by atoms with van der Waals surface area (Å²) in [5, 5.41) is 4.36. The molecule has 0 atom stereocenters. The van der Waals surface area contributed by atoms with E-state index in [0.29, 0.717) is 23.7 Å². The molecule has 0 amide bonds. The Balaban J connectivity index is 1.59. The van der Waals surface area contributed by atoms with Gasteiger partial charge >= 0.3 is 5.97 Å². The lowest BCUT2D eigenvalue weighted by atomic mass is 10.1. The Bertz CT molecular complexity index is 1220. The first-order valence-corrected chi connectivity index (χ1v) is 11.2. The summed E-state index contributed by atoms with van der Waals surface area (Å²) in [6.07, 6.45) is 3.14. The maximum absolute atomic E-state index is 12.8. The molecule has 0 bridgehead atoms. The zero-order valence-corrected chi connectivity index (χ0v) is 18.8. The number of aromatic nitrogens is 2. The van der Waals surface area contributed by atoms with Crippen molar-refractivity contribution >= 4 is 39.0 Å². The molecule has 0 unspecified atom stereocenters. The molecule has 0 spiro atoms. The van der Waals surface area contributed by atoms with E-state index in [1.54, 1.807) is 0 Å². The highest BCUT2D eigenvalue weighted by atomic mass is 32.1. The zero-order chi connectivity index (χ0) is 21.8. The van der Waals surface area contributed by atoms with Crippen molar-refractivity contribution < 1.29 is 9.53 Å². The van der Waals surface area contributed by atoms with Gasteiger partial charge < -0.3 is 10.1 Å². The van der Waals surface area contributed by atoms with Crippen molar-refractivity contribution in [3.63, 3.8) is 0 Å². The van der Waals surface area contributed by atoms with Crippen molar-refractivity contribution in [2.45, 2.75) is 33.6 Å². The van der Waals surface area contributed by atoms with E-state index in [4.69, 9.17) is 4.74 Å². The minimum absolute atomic E-state index is 0.312. The molecule has 4 rings (SSSR count). The van der Waals surface area contributed by atoms with Gasteiger partial charge in [0.05, 0.1) is 12.0 Å². The van der Waals surface area contributed by atoms with Crippen LogP contribution in [-0.4, -0.2) is 22.5 Å². The normalized spacial score (nSPS) is 10.9. The molecule has 0 aliphatic heterocycles. The molecule has 0 saturated heterocycles. The van der Waals surface area contributed by atoms with Crippen LogP contribution in [0.1, 0.15) is 38.8 Å². The Morgan fingerprint density at radius 2 is 1.87 bits per heavy atom. The van der Waals surface area contributed by atoms with E-state index in [0.717, 1.165) is 39.0 Å². The predicted molar refractivity (Wildman–Crippen MR) is 126 cm³/mol. The number of carbonyl (C=O) groups is 1. The van der Waals surface area contributed by atoms with Gasteiger partial charge in [0.25, 0.3) is 0 Å². The van der Waals surface area contributed by atoms with Crippen LogP contribution in [-0.2, 0) is 17.6 Å². The highest BCUT2D eigenvalue weighted by Crippen LogP contribution is 2.36. The summed E-state index contributed by atoms with van der Waals surface area (Å²) in [5.41, 5.74) is 5.42. The Morgan fingerprint density at radius 1 is 1.06 bits per heavy atom. The summed E-state index contributed by atoms with van der Waals surface area (Å²) in [6.45, 7) is 6.49. The summed E-state index contributed by atoms with van der Waals surface area (Å²) in [7, 11) is 0. The number of nitrogens with zero attached hydrogens (tertiary/aromatic N) is 2. The van der Waals surface area contributed by atoms with E-state index >= 15 is 0 Å². The highest BCUT2D eigenvalue weighted by molar-refractivity contribution is 7.20. The third-order valence-corrected chi connectivity index (χ3v) is 6.54. The maximum Gasteiger partial charge on any atom is 0.348 e. The van der Waals surface area contributed by atoms with Gasteiger partial charge in [0.1, 0.15) is 21.9 Å². The molecule has 0 aliphatic carbocycles. The van der Waals surface area contributed by atoms with Crippen LogP contribution < -0.4 is 5.32 Å². The number of hydrogen-bond donors (Lipinski definition) is 1. The van der Waals surface area contributed by atoms with Gasteiger partial charge in [0.2, 0.25) is 0 Å². The smallest absolute Gasteiger partial charge is 0.348 e. The summed E-state index contributed by atoms with van der Waals surface area (Å²) >= 11 is 1.35. The number of hydrogen-bond acceptors (Lipinski definition) is 6. The van der Waals surface area contributed by atoms with Gasteiger partial charge in [-0.3, -0.25) is 0 Å². The van der Waals surface area contributed by atoms with Crippen LogP contribution in [0, 0.1) is 13.8 Å². The molecule has 2 aromatic carbocycles. The molecule has 158 valence electrons. The average molecular weight is 432 g/mol. The molecule has 0 radical (unpaired) electrons. The number of anilines is 2. The van der Waals surface area contributed by atoms with E-state index in [9.17, 15) is 4.79 Å². The number of esters is 1. The van der Waals surface area contributed by atoms with Crippen LogP contribution in [0.3, 0.4) is 0 Å². The Hall–Kier alpha value is -3.25. The fraction of sp³-hybridized carbons (Fsp3) is 0.240. The van der Waals surface area contributed by atoms with E-state index in [1.807, 2.05) is 37.3 Å². The van der Waals surface area contributed by atoms with Gasteiger partial charge in [-0.05, 0) is 42.5 Å². The van der Waals surface area contributed by atoms with Crippen molar-refractivity contribution in [3.05, 3.63) is 82.0 Å². The lowest BCUT2D eigenvalue weighted by molar-refractivity contribution is 0.0514. The molecule has 0 fully saturated rings. The number of para-hydroxylation sites is 1. The van der Waals surface area contributed by atoms with Gasteiger partial charge in [0.15, 0.2) is 0 Å². The van der Waals surface area contributed by atoms with E-state index < -0.39 is 0 Å². The maximum atomic E-state index is 12.8. The van der Waals surface area contributed by atoms with Crippen molar-refractivity contribution in [2.75, 3.05) is 11.9 Å². The summed E-state index contributed by atoms with van der Waals surface area (Å²) in [6, 6.07) is 16.3. The van der Waals surface area contributed by atoms with Gasteiger partial charge in [-0.25, -0.2) is 14.8 Å². The first kappa shape index (κ1) is 21.0. The van der Waals surface area contributed by atoms with Crippen LogP contribution in [0.4, 0.5) is 11.5 Å². The second-order valence-electron chi connectivity index (χ2n) is 7.42. The quantitative estimate of drug-likeness (QED) is 0.363. The molecule has 4 aromatic rings. The largest absolute Gasteiger partial charge is 0.461 e. The third-order valence-electron chi connectivity index (χ3n) is 5.36. The monoisotopic (exact) mass is 431 g/mol. The Labute approximate surface area is 186 Å². The van der Waals surface area contributed by atoms with Crippen LogP contribution in [0.25, 0.3) is 10.2 Å². The van der Waals surface area contributed by atoms with Crippen molar-refractivity contribution in [2.24, 2.45) is 0 Å². The minimum atomic E-state index is -0.312. The van der Waals surface area contributed by atoms with Crippen LogP contribution >= 0.6 is 11.3 Å². The zero-order valence-electron chi connectivity index (χ0n) is 17.9. The lowest BCUT2D eigenvalue weighted by Gasteiger charge is -2.14.